The van der Waals surface area contributed by atoms with Crippen LogP contribution >= 0.6 is 11.6 Å². The fraction of sp³-hybridized carbons (Fsp3) is 0.294. The van der Waals surface area contributed by atoms with Gasteiger partial charge in [-0.15, -0.1) is 0 Å². The van der Waals surface area contributed by atoms with Gasteiger partial charge in [0, 0.05) is 22.9 Å². The predicted octanol–water partition coefficient (Wildman–Crippen LogP) is 3.15. The van der Waals surface area contributed by atoms with Gasteiger partial charge in [0.1, 0.15) is 5.82 Å². The molecule has 0 atom stereocenters. The summed E-state index contributed by atoms with van der Waals surface area (Å²) in [5.74, 6) is 0.427. The first-order valence-electron chi connectivity index (χ1n) is 7.71. The molecule has 3 N–H and O–H groups in total. The third kappa shape index (κ3) is 4.21. The molecule has 6 heteroatoms. The van der Waals surface area contributed by atoms with Gasteiger partial charge in [-0.1, -0.05) is 17.7 Å². The number of hydrogen-bond acceptors (Lipinski definition) is 4. The minimum atomic E-state index is -0.197. The minimum Gasteiger partial charge on any atom is -0.367 e. The molecule has 0 bridgehead atoms. The van der Waals surface area contributed by atoms with Crippen molar-refractivity contribution in [3.05, 3.63) is 53.2 Å². The molecule has 2 heterocycles. The molecule has 0 aliphatic carbocycles. The molecule has 1 fully saturated rings. The molecule has 1 aromatic carbocycles. The number of piperidine rings is 1. The van der Waals surface area contributed by atoms with Gasteiger partial charge in [0.2, 0.25) is 0 Å². The lowest BCUT2D eigenvalue weighted by atomic mass is 10.1. The Hall–Kier alpha value is -2.11. The first-order valence-corrected chi connectivity index (χ1v) is 8.09. The van der Waals surface area contributed by atoms with E-state index in [-0.39, 0.29) is 5.91 Å². The number of hydrogen-bond donors (Lipinski definition) is 3. The molecule has 23 heavy (non-hydrogen) atoms. The van der Waals surface area contributed by atoms with E-state index in [1.807, 2.05) is 0 Å². The van der Waals surface area contributed by atoms with Gasteiger partial charge in [-0.3, -0.25) is 4.79 Å². The fourth-order valence-electron chi connectivity index (χ4n) is 2.63. The van der Waals surface area contributed by atoms with Gasteiger partial charge in [0.25, 0.3) is 5.91 Å². The SMILES string of the molecule is O=C(Nc1cccc(Cl)c1)c1cccnc1NC1CCNCC1. The van der Waals surface area contributed by atoms with Crippen molar-refractivity contribution in [1.29, 1.82) is 0 Å². The largest absolute Gasteiger partial charge is 0.367 e. The monoisotopic (exact) mass is 330 g/mol. The number of pyridine rings is 1. The molecule has 1 amide bonds. The molecular formula is C17H19ClN4O. The lowest BCUT2D eigenvalue weighted by molar-refractivity contribution is 0.102. The van der Waals surface area contributed by atoms with Crippen molar-refractivity contribution in [3.8, 4) is 0 Å². The van der Waals surface area contributed by atoms with Crippen LogP contribution in [0, 0.1) is 0 Å². The van der Waals surface area contributed by atoms with Crippen molar-refractivity contribution in [3.63, 3.8) is 0 Å². The number of anilines is 2. The van der Waals surface area contributed by atoms with Crippen LogP contribution in [0.4, 0.5) is 11.5 Å². The Balaban J connectivity index is 1.74. The highest BCUT2D eigenvalue weighted by Gasteiger charge is 2.18. The average molecular weight is 331 g/mol. The molecule has 120 valence electrons. The maximum absolute atomic E-state index is 12.5. The Morgan fingerprint density at radius 2 is 2.04 bits per heavy atom. The standard InChI is InChI=1S/C17H19ClN4O/c18-12-3-1-4-14(11-12)22-17(23)15-5-2-8-20-16(15)21-13-6-9-19-10-7-13/h1-5,8,11,13,19H,6-7,9-10H2,(H,20,21)(H,22,23). The molecule has 1 aromatic heterocycles. The number of rotatable bonds is 4. The van der Waals surface area contributed by atoms with Crippen molar-refractivity contribution in [2.75, 3.05) is 23.7 Å². The fourth-order valence-corrected chi connectivity index (χ4v) is 2.82. The van der Waals surface area contributed by atoms with Crippen LogP contribution in [0.3, 0.4) is 0 Å². The minimum absolute atomic E-state index is 0.197. The van der Waals surface area contributed by atoms with E-state index >= 15 is 0 Å². The summed E-state index contributed by atoms with van der Waals surface area (Å²) in [7, 11) is 0. The van der Waals surface area contributed by atoms with Crippen LogP contribution in [0.15, 0.2) is 42.6 Å². The van der Waals surface area contributed by atoms with Crippen molar-refractivity contribution in [2.24, 2.45) is 0 Å². The maximum atomic E-state index is 12.5. The van der Waals surface area contributed by atoms with Crippen molar-refractivity contribution >= 4 is 29.0 Å². The Morgan fingerprint density at radius 1 is 1.22 bits per heavy atom. The number of carbonyl (C=O) groups is 1. The van der Waals surface area contributed by atoms with Crippen LogP contribution in [0.2, 0.25) is 5.02 Å². The number of halogens is 1. The van der Waals surface area contributed by atoms with Gasteiger partial charge in [-0.2, -0.15) is 0 Å². The molecule has 0 saturated carbocycles. The average Bonchev–Trinajstić information content (AvgIpc) is 2.56. The Labute approximate surface area is 140 Å². The second kappa shape index (κ2) is 7.44. The van der Waals surface area contributed by atoms with Gasteiger partial charge in [-0.05, 0) is 56.3 Å². The zero-order valence-corrected chi connectivity index (χ0v) is 13.4. The van der Waals surface area contributed by atoms with E-state index < -0.39 is 0 Å². The second-order valence-corrected chi connectivity index (χ2v) is 5.97. The van der Waals surface area contributed by atoms with Gasteiger partial charge in [-0.25, -0.2) is 4.98 Å². The molecule has 0 radical (unpaired) electrons. The predicted molar refractivity (Wildman–Crippen MR) is 93.2 cm³/mol. The summed E-state index contributed by atoms with van der Waals surface area (Å²) < 4.78 is 0. The number of carbonyl (C=O) groups excluding carboxylic acids is 1. The van der Waals surface area contributed by atoms with Gasteiger partial charge >= 0.3 is 0 Å². The third-order valence-corrected chi connectivity index (χ3v) is 4.05. The lowest BCUT2D eigenvalue weighted by Gasteiger charge is -2.25. The third-order valence-electron chi connectivity index (χ3n) is 3.81. The Morgan fingerprint density at radius 3 is 2.83 bits per heavy atom. The summed E-state index contributed by atoms with van der Waals surface area (Å²) >= 11 is 5.95. The first-order chi connectivity index (χ1) is 11.2. The van der Waals surface area contributed by atoms with Crippen LogP contribution in [0.25, 0.3) is 0 Å². The number of nitrogens with zero attached hydrogens (tertiary/aromatic N) is 1. The van der Waals surface area contributed by atoms with Gasteiger partial charge in [0.15, 0.2) is 0 Å². The van der Waals surface area contributed by atoms with E-state index in [1.165, 1.54) is 0 Å². The number of amides is 1. The summed E-state index contributed by atoms with van der Waals surface area (Å²) in [6.45, 7) is 1.96. The maximum Gasteiger partial charge on any atom is 0.259 e. The molecule has 1 aliphatic heterocycles. The summed E-state index contributed by atoms with van der Waals surface area (Å²) in [5.41, 5.74) is 1.20. The van der Waals surface area contributed by atoms with E-state index in [1.54, 1.807) is 42.6 Å². The Kier molecular flexibility index (Phi) is 5.10. The summed E-state index contributed by atoms with van der Waals surface area (Å²) in [6.07, 6.45) is 3.73. The van der Waals surface area contributed by atoms with Crippen LogP contribution in [0.5, 0.6) is 0 Å². The zero-order valence-electron chi connectivity index (χ0n) is 12.7. The van der Waals surface area contributed by atoms with E-state index in [2.05, 4.69) is 20.9 Å². The molecule has 2 aromatic rings. The second-order valence-electron chi connectivity index (χ2n) is 5.53. The zero-order chi connectivity index (χ0) is 16.1. The number of aromatic nitrogens is 1. The van der Waals surface area contributed by atoms with Crippen LogP contribution in [-0.2, 0) is 0 Å². The van der Waals surface area contributed by atoms with E-state index in [0.717, 1.165) is 25.9 Å². The molecule has 3 rings (SSSR count). The van der Waals surface area contributed by atoms with Crippen LogP contribution < -0.4 is 16.0 Å². The van der Waals surface area contributed by atoms with Gasteiger partial charge in [0.05, 0.1) is 5.56 Å². The van der Waals surface area contributed by atoms with E-state index in [0.29, 0.717) is 28.1 Å². The highest BCUT2D eigenvalue weighted by molar-refractivity contribution is 6.31. The topological polar surface area (TPSA) is 66.0 Å². The van der Waals surface area contributed by atoms with E-state index in [4.69, 9.17) is 11.6 Å². The van der Waals surface area contributed by atoms with Crippen molar-refractivity contribution < 1.29 is 4.79 Å². The van der Waals surface area contributed by atoms with Gasteiger partial charge < -0.3 is 16.0 Å². The quantitative estimate of drug-likeness (QED) is 0.805. The number of benzene rings is 1. The lowest BCUT2D eigenvalue weighted by Crippen LogP contribution is -2.36. The highest BCUT2D eigenvalue weighted by atomic mass is 35.5. The summed E-state index contributed by atoms with van der Waals surface area (Å²) in [6, 6.07) is 11.0. The molecule has 5 nitrogen and oxygen atoms in total. The normalized spacial score (nSPS) is 15.2. The summed E-state index contributed by atoms with van der Waals surface area (Å²) in [4.78, 5) is 16.9. The summed E-state index contributed by atoms with van der Waals surface area (Å²) in [5, 5.41) is 10.2. The molecule has 1 aliphatic rings. The first kappa shape index (κ1) is 15.8. The molecule has 1 saturated heterocycles. The van der Waals surface area contributed by atoms with Crippen molar-refractivity contribution in [1.82, 2.24) is 10.3 Å². The highest BCUT2D eigenvalue weighted by Crippen LogP contribution is 2.19. The molecular weight excluding hydrogens is 312 g/mol. The smallest absolute Gasteiger partial charge is 0.259 e. The Bertz CT molecular complexity index is 686. The van der Waals surface area contributed by atoms with Crippen LogP contribution in [-0.4, -0.2) is 30.0 Å². The van der Waals surface area contributed by atoms with E-state index in [9.17, 15) is 4.79 Å². The molecule has 0 unspecified atom stereocenters. The van der Waals surface area contributed by atoms with Crippen molar-refractivity contribution in [2.45, 2.75) is 18.9 Å². The van der Waals surface area contributed by atoms with Crippen LogP contribution in [0.1, 0.15) is 23.2 Å². The number of nitrogens with one attached hydrogen (secondary N) is 3. The molecule has 0 spiro atoms.